The first kappa shape index (κ1) is 16.8. The number of carbonyl (C=O) groups excluding carboxylic acids is 1. The lowest BCUT2D eigenvalue weighted by atomic mass is 9.99. The van der Waals surface area contributed by atoms with Crippen LogP contribution in [-0.4, -0.2) is 29.3 Å². The van der Waals surface area contributed by atoms with Gasteiger partial charge in [0.2, 0.25) is 0 Å². The van der Waals surface area contributed by atoms with Crippen LogP contribution in [-0.2, 0) is 4.79 Å². The molecule has 6 heteroatoms. The first-order valence-corrected chi connectivity index (χ1v) is 6.86. The molecule has 0 radical (unpaired) electrons. The van der Waals surface area contributed by atoms with Gasteiger partial charge in [-0.25, -0.2) is 4.79 Å². The van der Waals surface area contributed by atoms with Crippen molar-refractivity contribution in [1.82, 2.24) is 5.32 Å². The number of carbonyl (C=O) groups is 2. The molecule has 1 rings (SSSR count). The Labute approximate surface area is 124 Å². The van der Waals surface area contributed by atoms with E-state index >= 15 is 0 Å². The number of carboxylic acid groups (broad SMARTS) is 1. The molecule has 0 unspecified atom stereocenters. The van der Waals surface area contributed by atoms with Crippen LogP contribution < -0.4 is 15.4 Å². The summed E-state index contributed by atoms with van der Waals surface area (Å²) < 4.78 is 5.32. The number of ether oxygens (including phenoxy) is 1. The zero-order valence-corrected chi connectivity index (χ0v) is 12.6. The van der Waals surface area contributed by atoms with Gasteiger partial charge in [-0.3, -0.25) is 4.79 Å². The average molecular weight is 294 g/mol. The number of hydrogen-bond acceptors (Lipinski definition) is 3. The Morgan fingerprint density at radius 3 is 2.38 bits per heavy atom. The molecule has 0 heterocycles. The molecule has 0 aliphatic carbocycles. The molecule has 0 aromatic heterocycles. The second-order valence-electron chi connectivity index (χ2n) is 5.31. The van der Waals surface area contributed by atoms with E-state index in [1.807, 2.05) is 6.92 Å². The van der Waals surface area contributed by atoms with Crippen LogP contribution in [0.25, 0.3) is 0 Å². The number of anilines is 1. The van der Waals surface area contributed by atoms with Crippen LogP contribution in [0.4, 0.5) is 10.5 Å². The Kier molecular flexibility index (Phi) is 6.02. The van der Waals surface area contributed by atoms with Crippen LogP contribution in [0, 0.1) is 0 Å². The summed E-state index contributed by atoms with van der Waals surface area (Å²) in [4.78, 5) is 22.5. The van der Waals surface area contributed by atoms with Gasteiger partial charge < -0.3 is 20.5 Å². The molecule has 1 aromatic rings. The molecule has 2 amide bonds. The third-order valence-electron chi connectivity index (χ3n) is 2.84. The number of hydrogen-bond donors (Lipinski definition) is 3. The highest BCUT2D eigenvalue weighted by molar-refractivity contribution is 5.89. The van der Waals surface area contributed by atoms with Gasteiger partial charge in [0.1, 0.15) is 5.75 Å². The third kappa shape index (κ3) is 6.65. The predicted molar refractivity (Wildman–Crippen MR) is 80.7 cm³/mol. The first-order valence-electron chi connectivity index (χ1n) is 6.86. The van der Waals surface area contributed by atoms with E-state index < -0.39 is 11.5 Å². The van der Waals surface area contributed by atoms with Crippen LogP contribution in [0.2, 0.25) is 0 Å². The Morgan fingerprint density at radius 2 is 1.86 bits per heavy atom. The van der Waals surface area contributed by atoms with Gasteiger partial charge in [0.05, 0.1) is 6.61 Å². The summed E-state index contributed by atoms with van der Waals surface area (Å²) >= 11 is 0. The van der Waals surface area contributed by atoms with Crippen LogP contribution in [0.15, 0.2) is 24.3 Å². The quantitative estimate of drug-likeness (QED) is 0.721. The average Bonchev–Trinajstić information content (AvgIpc) is 2.38. The Hall–Kier alpha value is -2.24. The molecule has 0 bridgehead atoms. The number of aliphatic carboxylic acids is 1. The fourth-order valence-electron chi connectivity index (χ4n) is 1.75. The van der Waals surface area contributed by atoms with Crippen molar-refractivity contribution in [2.24, 2.45) is 0 Å². The molecule has 0 aliphatic heterocycles. The molecule has 3 N–H and O–H groups in total. The highest BCUT2D eigenvalue weighted by Crippen LogP contribution is 2.16. The van der Waals surface area contributed by atoms with E-state index in [-0.39, 0.29) is 12.5 Å². The maximum absolute atomic E-state index is 11.9. The molecule has 0 atom stereocenters. The summed E-state index contributed by atoms with van der Waals surface area (Å²) in [6.45, 7) is 6.06. The van der Waals surface area contributed by atoms with E-state index in [9.17, 15) is 9.59 Å². The van der Waals surface area contributed by atoms with E-state index in [4.69, 9.17) is 9.84 Å². The second-order valence-corrected chi connectivity index (χ2v) is 5.31. The lowest BCUT2D eigenvalue weighted by molar-refractivity contribution is -0.137. The van der Waals surface area contributed by atoms with Crippen LogP contribution in [0.1, 0.15) is 33.6 Å². The number of nitrogens with one attached hydrogen (secondary N) is 2. The normalized spacial score (nSPS) is 10.8. The van der Waals surface area contributed by atoms with E-state index in [1.54, 1.807) is 38.1 Å². The second kappa shape index (κ2) is 7.52. The van der Waals surface area contributed by atoms with Gasteiger partial charge in [0.15, 0.2) is 0 Å². The van der Waals surface area contributed by atoms with Gasteiger partial charge in [0.25, 0.3) is 0 Å². The molecular weight excluding hydrogens is 272 g/mol. The highest BCUT2D eigenvalue weighted by Gasteiger charge is 2.21. The molecule has 0 saturated heterocycles. The van der Waals surface area contributed by atoms with Gasteiger partial charge in [0, 0.05) is 17.6 Å². The maximum Gasteiger partial charge on any atom is 0.319 e. The monoisotopic (exact) mass is 294 g/mol. The topological polar surface area (TPSA) is 87.7 Å². The standard InChI is InChI=1S/C15H22N2O4/c1-4-21-12-7-5-11(6-8-12)16-14(20)17-15(2,3)10-9-13(18)19/h5-8H,4,9-10H2,1-3H3,(H,18,19)(H2,16,17,20). The van der Waals surface area contributed by atoms with E-state index in [2.05, 4.69) is 10.6 Å². The Bertz CT molecular complexity index is 483. The lowest BCUT2D eigenvalue weighted by Gasteiger charge is -2.25. The van der Waals surface area contributed by atoms with Gasteiger partial charge in [-0.15, -0.1) is 0 Å². The van der Waals surface area contributed by atoms with Crippen molar-refractivity contribution < 1.29 is 19.4 Å². The van der Waals surface area contributed by atoms with Crippen molar-refractivity contribution in [3.63, 3.8) is 0 Å². The summed E-state index contributed by atoms with van der Waals surface area (Å²) in [5.41, 5.74) is 0.0540. The fourth-order valence-corrected chi connectivity index (χ4v) is 1.75. The van der Waals surface area contributed by atoms with Crippen molar-refractivity contribution in [2.45, 2.75) is 39.2 Å². The minimum atomic E-state index is -0.878. The maximum atomic E-state index is 11.9. The molecule has 0 fully saturated rings. The SMILES string of the molecule is CCOc1ccc(NC(=O)NC(C)(C)CCC(=O)O)cc1. The number of amides is 2. The zero-order valence-electron chi connectivity index (χ0n) is 12.6. The minimum absolute atomic E-state index is 0.0103. The van der Waals surface area contributed by atoms with Crippen LogP contribution in [0.3, 0.4) is 0 Å². The summed E-state index contributed by atoms with van der Waals surface area (Å²) in [5.74, 6) is -0.137. The van der Waals surface area contributed by atoms with Crippen molar-refractivity contribution in [1.29, 1.82) is 0 Å². The predicted octanol–water partition coefficient (Wildman–Crippen LogP) is 2.85. The molecule has 116 valence electrons. The van der Waals surface area contributed by atoms with Crippen LogP contribution >= 0.6 is 0 Å². The lowest BCUT2D eigenvalue weighted by Crippen LogP contribution is -2.45. The molecule has 0 saturated carbocycles. The van der Waals surface area contributed by atoms with Crippen molar-refractivity contribution >= 4 is 17.7 Å². The van der Waals surface area contributed by atoms with Crippen molar-refractivity contribution in [3.05, 3.63) is 24.3 Å². The summed E-state index contributed by atoms with van der Waals surface area (Å²) in [6, 6.07) is 6.67. The third-order valence-corrected chi connectivity index (χ3v) is 2.84. The molecule has 0 aliphatic rings. The van der Waals surface area contributed by atoms with Crippen molar-refractivity contribution in [2.75, 3.05) is 11.9 Å². The van der Waals surface area contributed by atoms with Gasteiger partial charge in [-0.2, -0.15) is 0 Å². The first-order chi connectivity index (χ1) is 9.82. The molecule has 21 heavy (non-hydrogen) atoms. The Balaban J connectivity index is 2.50. The number of benzene rings is 1. The molecule has 6 nitrogen and oxygen atoms in total. The zero-order chi connectivity index (χ0) is 15.9. The molecular formula is C15H22N2O4. The van der Waals surface area contributed by atoms with Gasteiger partial charge in [-0.05, 0) is 51.5 Å². The van der Waals surface area contributed by atoms with Gasteiger partial charge >= 0.3 is 12.0 Å². The molecule has 0 spiro atoms. The largest absolute Gasteiger partial charge is 0.494 e. The molecule has 1 aromatic carbocycles. The van der Waals surface area contributed by atoms with Crippen molar-refractivity contribution in [3.8, 4) is 5.75 Å². The minimum Gasteiger partial charge on any atom is -0.494 e. The Morgan fingerprint density at radius 1 is 1.24 bits per heavy atom. The van der Waals surface area contributed by atoms with E-state index in [0.29, 0.717) is 18.7 Å². The van der Waals surface area contributed by atoms with Crippen LogP contribution in [0.5, 0.6) is 5.75 Å². The number of urea groups is 1. The highest BCUT2D eigenvalue weighted by atomic mass is 16.5. The number of rotatable bonds is 7. The summed E-state index contributed by atoms with van der Waals surface area (Å²) in [7, 11) is 0. The van der Waals surface area contributed by atoms with E-state index in [0.717, 1.165) is 5.75 Å². The fraction of sp³-hybridized carbons (Fsp3) is 0.467. The smallest absolute Gasteiger partial charge is 0.319 e. The van der Waals surface area contributed by atoms with E-state index in [1.165, 1.54) is 0 Å². The summed E-state index contributed by atoms with van der Waals surface area (Å²) in [6.07, 6.45) is 0.370. The number of carboxylic acids is 1. The van der Waals surface area contributed by atoms with Gasteiger partial charge in [-0.1, -0.05) is 0 Å². The summed E-state index contributed by atoms with van der Waals surface area (Å²) in [5, 5.41) is 14.1.